The number of hydrogen-bond donors (Lipinski definition) is 1. The highest BCUT2D eigenvalue weighted by atomic mass is 15.0. The Kier molecular flexibility index (Phi) is 4.00. The summed E-state index contributed by atoms with van der Waals surface area (Å²) in [7, 11) is 0. The molecule has 2 nitrogen and oxygen atoms in total. The molecule has 0 spiro atoms. The van der Waals surface area contributed by atoms with E-state index in [2.05, 4.69) is 108 Å². The third kappa shape index (κ3) is 2.72. The summed E-state index contributed by atoms with van der Waals surface area (Å²) in [6.45, 7) is 6.29. The molecule has 31 heavy (non-hydrogen) atoms. The van der Waals surface area contributed by atoms with Crippen LogP contribution >= 0.6 is 0 Å². The van der Waals surface area contributed by atoms with Crippen molar-refractivity contribution in [2.24, 2.45) is 0 Å². The van der Waals surface area contributed by atoms with E-state index in [1.807, 2.05) is 6.08 Å². The van der Waals surface area contributed by atoms with Crippen molar-refractivity contribution in [1.82, 2.24) is 9.55 Å². The standard InChI is InChI=1S/C29H24N2/c1-3-28-19(2)23-15-13-21(18-29(23)31(28)22-9-5-4-6-10-22)20-14-16-25-24-11-7-8-12-26(24)30-27(25)17-20/h3-16,18,20,30H,1,17H2,2H3. The molecular formula is C29H24N2. The van der Waals surface area contributed by atoms with E-state index in [-0.39, 0.29) is 0 Å². The highest BCUT2D eigenvalue weighted by Crippen LogP contribution is 2.37. The zero-order valence-electron chi connectivity index (χ0n) is 17.6. The van der Waals surface area contributed by atoms with Crippen molar-refractivity contribution in [3.63, 3.8) is 0 Å². The largest absolute Gasteiger partial charge is 0.358 e. The molecule has 6 rings (SSSR count). The molecule has 0 saturated carbocycles. The van der Waals surface area contributed by atoms with Gasteiger partial charge in [0.05, 0.1) is 5.52 Å². The van der Waals surface area contributed by atoms with Gasteiger partial charge in [0.2, 0.25) is 0 Å². The average Bonchev–Trinajstić information content (AvgIpc) is 3.33. The molecular weight excluding hydrogens is 376 g/mol. The fourth-order valence-electron chi connectivity index (χ4n) is 5.12. The maximum absolute atomic E-state index is 4.10. The maximum Gasteiger partial charge on any atom is 0.0540 e. The van der Waals surface area contributed by atoms with Crippen LogP contribution in [0.25, 0.3) is 39.6 Å². The van der Waals surface area contributed by atoms with Crippen LogP contribution in [0.4, 0.5) is 0 Å². The first kappa shape index (κ1) is 18.0. The van der Waals surface area contributed by atoms with Gasteiger partial charge in [-0.2, -0.15) is 0 Å². The number of H-pyrrole nitrogens is 1. The molecule has 3 aromatic carbocycles. The average molecular weight is 401 g/mol. The maximum atomic E-state index is 4.10. The Morgan fingerprint density at radius 3 is 2.61 bits per heavy atom. The summed E-state index contributed by atoms with van der Waals surface area (Å²) in [5.41, 5.74) is 10.1. The number of nitrogens with one attached hydrogen (secondary N) is 1. The SMILES string of the molecule is C=Cc1c(C)c2ccc(C3C=Cc4c([nH]c5ccccc45)C3)cc2n1-c1ccccc1. The van der Waals surface area contributed by atoms with Crippen LogP contribution in [0.3, 0.4) is 0 Å². The number of rotatable bonds is 3. The van der Waals surface area contributed by atoms with E-state index in [1.165, 1.54) is 49.9 Å². The van der Waals surface area contributed by atoms with Crippen molar-refractivity contribution in [3.05, 3.63) is 114 Å². The van der Waals surface area contributed by atoms with Crippen molar-refractivity contribution in [1.29, 1.82) is 0 Å². The van der Waals surface area contributed by atoms with Gasteiger partial charge in [-0.1, -0.05) is 67.3 Å². The van der Waals surface area contributed by atoms with Gasteiger partial charge in [-0.3, -0.25) is 0 Å². The monoisotopic (exact) mass is 400 g/mol. The fourth-order valence-corrected chi connectivity index (χ4v) is 5.12. The summed E-state index contributed by atoms with van der Waals surface area (Å²) in [6, 6.07) is 26.1. The van der Waals surface area contributed by atoms with Gasteiger partial charge in [0.25, 0.3) is 0 Å². The molecule has 1 unspecified atom stereocenters. The summed E-state index contributed by atoms with van der Waals surface area (Å²) >= 11 is 0. The van der Waals surface area contributed by atoms with Crippen LogP contribution in [-0.4, -0.2) is 9.55 Å². The molecule has 1 N–H and O–H groups in total. The molecule has 2 aromatic heterocycles. The fraction of sp³-hybridized carbons (Fsp3) is 0.103. The van der Waals surface area contributed by atoms with E-state index >= 15 is 0 Å². The molecule has 5 aromatic rings. The number of aromatic amines is 1. The molecule has 150 valence electrons. The van der Waals surface area contributed by atoms with E-state index in [0.29, 0.717) is 5.92 Å². The predicted octanol–water partition coefficient (Wildman–Crippen LogP) is 7.42. The second-order valence-electron chi connectivity index (χ2n) is 8.39. The lowest BCUT2D eigenvalue weighted by molar-refractivity contribution is 0.810. The molecule has 0 fully saturated rings. The summed E-state index contributed by atoms with van der Waals surface area (Å²) in [5.74, 6) is 0.358. The minimum Gasteiger partial charge on any atom is -0.358 e. The summed E-state index contributed by atoms with van der Waals surface area (Å²) in [6.07, 6.45) is 7.62. The Hall–Kier alpha value is -3.78. The number of aromatic nitrogens is 2. The summed E-state index contributed by atoms with van der Waals surface area (Å²) in [4.78, 5) is 3.64. The zero-order valence-corrected chi connectivity index (χ0v) is 17.6. The number of aryl methyl sites for hydroxylation is 1. The van der Waals surface area contributed by atoms with Crippen molar-refractivity contribution >= 4 is 34.0 Å². The van der Waals surface area contributed by atoms with Gasteiger partial charge in [0.15, 0.2) is 0 Å². The first-order valence-corrected chi connectivity index (χ1v) is 10.8. The topological polar surface area (TPSA) is 20.7 Å². The van der Waals surface area contributed by atoms with Crippen molar-refractivity contribution in [3.8, 4) is 5.69 Å². The van der Waals surface area contributed by atoms with Crippen molar-refractivity contribution < 1.29 is 0 Å². The van der Waals surface area contributed by atoms with Gasteiger partial charge >= 0.3 is 0 Å². The minimum atomic E-state index is 0.358. The minimum absolute atomic E-state index is 0.358. The predicted molar refractivity (Wildman–Crippen MR) is 132 cm³/mol. The first-order chi connectivity index (χ1) is 15.2. The number of allylic oxidation sites excluding steroid dienone is 1. The Morgan fingerprint density at radius 1 is 0.968 bits per heavy atom. The van der Waals surface area contributed by atoms with Gasteiger partial charge in [-0.15, -0.1) is 0 Å². The lowest BCUT2D eigenvalue weighted by Crippen LogP contribution is -2.05. The molecule has 1 atom stereocenters. The van der Waals surface area contributed by atoms with Crippen LogP contribution in [-0.2, 0) is 6.42 Å². The van der Waals surface area contributed by atoms with Crippen molar-refractivity contribution in [2.75, 3.05) is 0 Å². The van der Waals surface area contributed by atoms with Crippen LogP contribution < -0.4 is 0 Å². The van der Waals surface area contributed by atoms with Gasteiger partial charge < -0.3 is 9.55 Å². The van der Waals surface area contributed by atoms with Crippen LogP contribution in [0, 0.1) is 6.92 Å². The number of benzene rings is 3. The highest BCUT2D eigenvalue weighted by molar-refractivity contribution is 5.92. The number of hydrogen-bond acceptors (Lipinski definition) is 0. The molecule has 2 heteroatoms. The molecule has 1 aliphatic rings. The third-order valence-corrected chi connectivity index (χ3v) is 6.67. The number of fused-ring (bicyclic) bond motifs is 4. The summed E-state index contributed by atoms with van der Waals surface area (Å²) < 4.78 is 2.34. The van der Waals surface area contributed by atoms with Gasteiger partial charge in [0.1, 0.15) is 0 Å². The molecule has 0 saturated heterocycles. The number of para-hydroxylation sites is 2. The Labute approximate surface area is 182 Å². The lowest BCUT2D eigenvalue weighted by atomic mass is 9.87. The first-order valence-electron chi connectivity index (χ1n) is 10.8. The van der Waals surface area contributed by atoms with E-state index in [9.17, 15) is 0 Å². The smallest absolute Gasteiger partial charge is 0.0540 e. The van der Waals surface area contributed by atoms with E-state index < -0.39 is 0 Å². The Morgan fingerprint density at radius 2 is 1.77 bits per heavy atom. The Bertz CT molecular complexity index is 1480. The third-order valence-electron chi connectivity index (χ3n) is 6.67. The highest BCUT2D eigenvalue weighted by Gasteiger charge is 2.21. The molecule has 0 aliphatic heterocycles. The molecule has 2 heterocycles. The van der Waals surface area contributed by atoms with E-state index in [4.69, 9.17) is 0 Å². The van der Waals surface area contributed by atoms with Crippen LogP contribution in [0.2, 0.25) is 0 Å². The van der Waals surface area contributed by atoms with E-state index in [0.717, 1.165) is 12.1 Å². The molecule has 0 amide bonds. The summed E-state index contributed by atoms with van der Waals surface area (Å²) in [5, 5.41) is 2.60. The van der Waals surface area contributed by atoms with Crippen LogP contribution in [0.15, 0.2) is 85.5 Å². The van der Waals surface area contributed by atoms with Gasteiger partial charge in [0, 0.05) is 44.8 Å². The lowest BCUT2D eigenvalue weighted by Gasteiger charge is -2.18. The van der Waals surface area contributed by atoms with Crippen molar-refractivity contribution in [2.45, 2.75) is 19.3 Å². The van der Waals surface area contributed by atoms with Gasteiger partial charge in [-0.25, -0.2) is 0 Å². The van der Waals surface area contributed by atoms with E-state index in [1.54, 1.807) is 0 Å². The zero-order chi connectivity index (χ0) is 20.9. The van der Waals surface area contributed by atoms with Gasteiger partial charge in [-0.05, 0) is 54.8 Å². The Balaban J connectivity index is 1.48. The quantitative estimate of drug-likeness (QED) is 0.325. The number of nitrogens with zero attached hydrogens (tertiary/aromatic N) is 1. The molecule has 0 bridgehead atoms. The molecule has 1 aliphatic carbocycles. The second kappa shape index (κ2) is 6.88. The second-order valence-corrected chi connectivity index (χ2v) is 8.39. The van der Waals surface area contributed by atoms with Crippen LogP contribution in [0.1, 0.15) is 34.0 Å². The normalized spacial score (nSPS) is 15.5. The molecule has 0 radical (unpaired) electrons. The van der Waals surface area contributed by atoms with Crippen LogP contribution in [0.5, 0.6) is 0 Å².